The lowest BCUT2D eigenvalue weighted by atomic mass is 10.1. The number of nitrogens with zero attached hydrogens (tertiary/aromatic N) is 2. The summed E-state index contributed by atoms with van der Waals surface area (Å²) in [5.74, 6) is 0.589. The highest BCUT2D eigenvalue weighted by Gasteiger charge is 2.21. The Morgan fingerprint density at radius 1 is 1.19 bits per heavy atom. The van der Waals surface area contributed by atoms with Gasteiger partial charge in [-0.25, -0.2) is 4.98 Å². The van der Waals surface area contributed by atoms with E-state index >= 15 is 0 Å². The number of aromatic nitrogens is 2. The molecule has 2 heterocycles. The van der Waals surface area contributed by atoms with E-state index in [1.807, 2.05) is 28.8 Å². The number of primary amides is 1. The van der Waals surface area contributed by atoms with Crippen LogP contribution in [-0.2, 0) is 0 Å². The molecule has 1 aliphatic heterocycles. The first-order valence-corrected chi connectivity index (χ1v) is 6.40. The number of para-hydroxylation sites is 2. The van der Waals surface area contributed by atoms with Gasteiger partial charge in [-0.3, -0.25) is 9.36 Å². The second-order valence-electron chi connectivity index (χ2n) is 4.69. The van der Waals surface area contributed by atoms with Crippen molar-refractivity contribution in [2.45, 2.75) is 0 Å². The zero-order chi connectivity index (χ0) is 14.4. The Kier molecular flexibility index (Phi) is 2.38. The standard InChI is InChI=1S/C15H11N3O3/c16-15(19)9-5-13-14(21-8-20-13)6-12(9)18-7-17-10-3-1-2-4-11(10)18/h1-7H,8H2,(H2,16,19). The van der Waals surface area contributed by atoms with Crippen LogP contribution in [0.15, 0.2) is 42.7 Å². The number of ether oxygens (including phenoxy) is 2. The van der Waals surface area contributed by atoms with E-state index in [-0.39, 0.29) is 6.79 Å². The summed E-state index contributed by atoms with van der Waals surface area (Å²) in [5.41, 5.74) is 8.20. The van der Waals surface area contributed by atoms with Crippen molar-refractivity contribution in [1.82, 2.24) is 9.55 Å². The summed E-state index contributed by atoms with van der Waals surface area (Å²) in [6.45, 7) is 0.141. The average molecular weight is 281 g/mol. The first kappa shape index (κ1) is 11.8. The van der Waals surface area contributed by atoms with Gasteiger partial charge in [0.2, 0.25) is 6.79 Å². The number of rotatable bonds is 2. The minimum absolute atomic E-state index is 0.141. The summed E-state index contributed by atoms with van der Waals surface area (Å²) >= 11 is 0. The molecule has 0 saturated heterocycles. The minimum atomic E-state index is -0.527. The molecule has 0 bridgehead atoms. The number of hydrogen-bond donors (Lipinski definition) is 1. The topological polar surface area (TPSA) is 79.4 Å². The molecule has 0 saturated carbocycles. The van der Waals surface area contributed by atoms with Crippen molar-refractivity contribution in [2.75, 3.05) is 6.79 Å². The maximum atomic E-state index is 11.7. The largest absolute Gasteiger partial charge is 0.454 e. The molecule has 1 amide bonds. The molecule has 6 heteroatoms. The van der Waals surface area contributed by atoms with E-state index < -0.39 is 5.91 Å². The molecule has 2 aromatic carbocycles. The van der Waals surface area contributed by atoms with E-state index in [9.17, 15) is 4.79 Å². The first-order valence-electron chi connectivity index (χ1n) is 6.40. The second kappa shape index (κ2) is 4.24. The van der Waals surface area contributed by atoms with E-state index in [0.29, 0.717) is 22.7 Å². The van der Waals surface area contributed by atoms with Crippen LogP contribution in [0.3, 0.4) is 0 Å². The van der Waals surface area contributed by atoms with Crippen molar-refractivity contribution in [3.05, 3.63) is 48.3 Å². The maximum absolute atomic E-state index is 11.7. The normalized spacial score (nSPS) is 12.8. The number of hydrogen-bond acceptors (Lipinski definition) is 4. The molecule has 1 aromatic heterocycles. The van der Waals surface area contributed by atoms with Gasteiger partial charge < -0.3 is 15.2 Å². The number of carbonyl (C=O) groups is 1. The summed E-state index contributed by atoms with van der Waals surface area (Å²) in [7, 11) is 0. The maximum Gasteiger partial charge on any atom is 0.250 e. The van der Waals surface area contributed by atoms with Crippen molar-refractivity contribution in [2.24, 2.45) is 5.73 Å². The Balaban J connectivity index is 2.01. The predicted molar refractivity (Wildman–Crippen MR) is 75.7 cm³/mol. The highest BCUT2D eigenvalue weighted by molar-refractivity contribution is 5.98. The molecule has 104 valence electrons. The van der Waals surface area contributed by atoms with Crippen LogP contribution in [-0.4, -0.2) is 22.3 Å². The van der Waals surface area contributed by atoms with Crippen LogP contribution in [0.5, 0.6) is 11.5 Å². The number of fused-ring (bicyclic) bond motifs is 2. The van der Waals surface area contributed by atoms with E-state index in [4.69, 9.17) is 15.2 Å². The van der Waals surface area contributed by atoms with Gasteiger partial charge in [0.25, 0.3) is 5.91 Å². The minimum Gasteiger partial charge on any atom is -0.454 e. The fraction of sp³-hybridized carbons (Fsp3) is 0.0667. The van der Waals surface area contributed by atoms with Crippen molar-refractivity contribution in [3.8, 4) is 17.2 Å². The SMILES string of the molecule is NC(=O)c1cc2c(cc1-n1cnc3ccccc31)OCO2. The van der Waals surface area contributed by atoms with Gasteiger partial charge in [0, 0.05) is 6.07 Å². The van der Waals surface area contributed by atoms with Gasteiger partial charge >= 0.3 is 0 Å². The van der Waals surface area contributed by atoms with Crippen molar-refractivity contribution in [3.63, 3.8) is 0 Å². The average Bonchev–Trinajstić information content (AvgIpc) is 3.11. The van der Waals surface area contributed by atoms with Crippen LogP contribution in [0.2, 0.25) is 0 Å². The first-order chi connectivity index (χ1) is 10.2. The molecule has 1 aliphatic rings. The molecule has 0 atom stereocenters. The van der Waals surface area contributed by atoms with Gasteiger partial charge in [0.1, 0.15) is 6.33 Å². The monoisotopic (exact) mass is 281 g/mol. The van der Waals surface area contributed by atoms with Crippen LogP contribution in [0.25, 0.3) is 16.7 Å². The number of nitrogens with two attached hydrogens (primary N) is 1. The van der Waals surface area contributed by atoms with Crippen molar-refractivity contribution in [1.29, 1.82) is 0 Å². The smallest absolute Gasteiger partial charge is 0.250 e. The summed E-state index contributed by atoms with van der Waals surface area (Å²) in [6.07, 6.45) is 1.66. The summed E-state index contributed by atoms with van der Waals surface area (Å²) in [5, 5.41) is 0. The lowest BCUT2D eigenvalue weighted by Crippen LogP contribution is -2.14. The molecule has 3 aromatic rings. The number of amides is 1. The van der Waals surface area contributed by atoms with Crippen LogP contribution in [0, 0.1) is 0 Å². The molecule has 0 spiro atoms. The molecule has 6 nitrogen and oxygen atoms in total. The molecule has 2 N–H and O–H groups in total. The lowest BCUT2D eigenvalue weighted by molar-refractivity contribution is 0.1000. The quantitative estimate of drug-likeness (QED) is 0.777. The molecule has 21 heavy (non-hydrogen) atoms. The fourth-order valence-corrected chi connectivity index (χ4v) is 2.48. The fourth-order valence-electron chi connectivity index (χ4n) is 2.48. The van der Waals surface area contributed by atoms with E-state index in [0.717, 1.165) is 11.0 Å². The van der Waals surface area contributed by atoms with Gasteiger partial charge in [0.05, 0.1) is 22.3 Å². The molecule has 0 radical (unpaired) electrons. The summed E-state index contributed by atoms with van der Waals surface area (Å²) < 4.78 is 12.5. The molecular formula is C15H11N3O3. The Morgan fingerprint density at radius 3 is 2.76 bits per heavy atom. The molecule has 0 unspecified atom stereocenters. The van der Waals surface area contributed by atoms with Gasteiger partial charge in [-0.1, -0.05) is 12.1 Å². The van der Waals surface area contributed by atoms with Gasteiger partial charge in [-0.2, -0.15) is 0 Å². The Morgan fingerprint density at radius 2 is 1.95 bits per heavy atom. The predicted octanol–water partition coefficient (Wildman–Crippen LogP) is 1.85. The highest BCUT2D eigenvalue weighted by atomic mass is 16.7. The third-order valence-corrected chi connectivity index (χ3v) is 3.47. The Labute approximate surface area is 119 Å². The Hall–Kier alpha value is -3.02. The molecule has 4 rings (SSSR count). The van der Waals surface area contributed by atoms with Crippen LogP contribution < -0.4 is 15.2 Å². The van der Waals surface area contributed by atoms with E-state index in [1.54, 1.807) is 18.5 Å². The zero-order valence-electron chi connectivity index (χ0n) is 10.9. The van der Waals surface area contributed by atoms with Gasteiger partial charge in [-0.05, 0) is 18.2 Å². The lowest BCUT2D eigenvalue weighted by Gasteiger charge is -2.10. The molecular weight excluding hydrogens is 270 g/mol. The molecule has 0 fully saturated rings. The zero-order valence-corrected chi connectivity index (χ0v) is 10.9. The number of imidazole rings is 1. The number of benzene rings is 2. The summed E-state index contributed by atoms with van der Waals surface area (Å²) in [4.78, 5) is 16.1. The van der Waals surface area contributed by atoms with Crippen molar-refractivity contribution >= 4 is 16.9 Å². The highest BCUT2D eigenvalue weighted by Crippen LogP contribution is 2.36. The van der Waals surface area contributed by atoms with Crippen LogP contribution in [0.1, 0.15) is 10.4 Å². The summed E-state index contributed by atoms with van der Waals surface area (Å²) in [6, 6.07) is 11.0. The second-order valence-corrected chi connectivity index (χ2v) is 4.69. The third kappa shape index (κ3) is 1.73. The third-order valence-electron chi connectivity index (χ3n) is 3.47. The van der Waals surface area contributed by atoms with E-state index in [1.165, 1.54) is 0 Å². The van der Waals surface area contributed by atoms with Gasteiger partial charge in [0.15, 0.2) is 11.5 Å². The van der Waals surface area contributed by atoms with Crippen LogP contribution in [0.4, 0.5) is 0 Å². The van der Waals surface area contributed by atoms with Gasteiger partial charge in [-0.15, -0.1) is 0 Å². The number of carbonyl (C=O) groups excluding carboxylic acids is 1. The van der Waals surface area contributed by atoms with E-state index in [2.05, 4.69) is 4.98 Å². The Bertz CT molecular complexity index is 870. The van der Waals surface area contributed by atoms with Crippen LogP contribution >= 0.6 is 0 Å². The molecule has 0 aliphatic carbocycles. The van der Waals surface area contributed by atoms with Crippen molar-refractivity contribution < 1.29 is 14.3 Å².